The van der Waals surface area contributed by atoms with Crippen molar-refractivity contribution in [2.75, 3.05) is 4.90 Å². The van der Waals surface area contributed by atoms with Crippen LogP contribution < -0.4 is 15.5 Å². The molecule has 0 saturated heterocycles. The molecule has 0 fully saturated rings. The lowest BCUT2D eigenvalue weighted by atomic mass is 10.0. The van der Waals surface area contributed by atoms with E-state index in [0.717, 1.165) is 35.6 Å². The number of rotatable bonds is 7. The molecule has 270 valence electrons. The third-order valence-electron chi connectivity index (χ3n) is 11.5. The van der Waals surface area contributed by atoms with E-state index in [-0.39, 0.29) is 0 Å². The van der Waals surface area contributed by atoms with Crippen molar-refractivity contribution in [3.8, 4) is 33.6 Å². The first-order valence-corrected chi connectivity index (χ1v) is 19.8. The van der Waals surface area contributed by atoms with Crippen molar-refractivity contribution < 1.29 is 0 Å². The minimum atomic E-state index is 1.06. The molecule has 11 rings (SSSR count). The zero-order chi connectivity index (χ0) is 37.7. The Kier molecular flexibility index (Phi) is 7.96. The number of hydrogen-bond acceptors (Lipinski definition) is 1. The number of hydrogen-bond donors (Lipinski definition) is 0. The van der Waals surface area contributed by atoms with Crippen molar-refractivity contribution >= 4 is 61.9 Å². The van der Waals surface area contributed by atoms with Gasteiger partial charge in [-0.05, 0) is 108 Å². The molecule has 2 heterocycles. The maximum absolute atomic E-state index is 2.44. The summed E-state index contributed by atoms with van der Waals surface area (Å²) in [6.45, 7) is 0. The fraction of sp³-hybridized carbons (Fsp3) is 0.0370. The predicted molar refractivity (Wildman–Crippen MR) is 241 cm³/mol. The van der Waals surface area contributed by atoms with Gasteiger partial charge in [-0.1, -0.05) is 140 Å². The Morgan fingerprint density at radius 1 is 0.333 bits per heavy atom. The van der Waals surface area contributed by atoms with Crippen LogP contribution in [0.3, 0.4) is 0 Å². The van der Waals surface area contributed by atoms with Gasteiger partial charge in [-0.25, -0.2) is 0 Å². The van der Waals surface area contributed by atoms with E-state index in [2.05, 4.69) is 226 Å². The van der Waals surface area contributed by atoms with Gasteiger partial charge in [-0.15, -0.1) is 0 Å². The Labute approximate surface area is 331 Å². The lowest BCUT2D eigenvalue weighted by Gasteiger charge is -2.26. The topological polar surface area (TPSA) is 13.1 Å². The molecule has 0 spiro atoms. The number of aromatic nitrogens is 2. The standard InChI is InChI=1S/C54H39N3/c1-4-15-38(16-5-1)39-27-30-44(31-28-39)55(46-32-34-50-48-24-11-13-26-52(48)57(54(50)37-46)43-20-8-3-9-21-43)45-22-14-17-40(35-45)41-29-33-49-47-23-10-12-25-51(47)56(53(49)36-41)42-18-6-2-7-19-42/h1-9,11,13-37H,10,12H2. The van der Waals surface area contributed by atoms with E-state index in [9.17, 15) is 0 Å². The largest absolute Gasteiger partial charge is 0.310 e. The first-order valence-electron chi connectivity index (χ1n) is 19.8. The number of anilines is 3. The summed E-state index contributed by atoms with van der Waals surface area (Å²) in [4.78, 5) is 2.40. The first kappa shape index (κ1) is 33.0. The summed E-state index contributed by atoms with van der Waals surface area (Å²) < 4.78 is 4.84. The third kappa shape index (κ3) is 5.67. The van der Waals surface area contributed by atoms with Gasteiger partial charge in [0, 0.05) is 55.2 Å². The molecule has 0 radical (unpaired) electrons. The van der Waals surface area contributed by atoms with Crippen LogP contribution in [-0.2, 0) is 0 Å². The summed E-state index contributed by atoms with van der Waals surface area (Å²) in [7, 11) is 0. The van der Waals surface area contributed by atoms with E-state index in [1.54, 1.807) is 0 Å². The molecule has 2 aromatic heterocycles. The monoisotopic (exact) mass is 729 g/mol. The second kappa shape index (κ2) is 13.7. The third-order valence-corrected chi connectivity index (χ3v) is 11.5. The van der Waals surface area contributed by atoms with Crippen molar-refractivity contribution in [2.45, 2.75) is 12.8 Å². The summed E-state index contributed by atoms with van der Waals surface area (Å²) in [5.74, 6) is 0. The average molecular weight is 730 g/mol. The Morgan fingerprint density at radius 3 is 1.67 bits per heavy atom. The van der Waals surface area contributed by atoms with Gasteiger partial charge >= 0.3 is 0 Å². The molecule has 8 aromatic carbocycles. The van der Waals surface area contributed by atoms with Gasteiger partial charge in [-0.3, -0.25) is 0 Å². The van der Waals surface area contributed by atoms with Crippen molar-refractivity contribution in [1.82, 2.24) is 9.13 Å². The summed E-state index contributed by atoms with van der Waals surface area (Å²) in [5, 5.41) is 6.41. The van der Waals surface area contributed by atoms with Crippen LogP contribution in [0.1, 0.15) is 12.8 Å². The number of fused-ring (bicyclic) bond motifs is 6. The van der Waals surface area contributed by atoms with Crippen LogP contribution in [-0.4, -0.2) is 9.13 Å². The van der Waals surface area contributed by atoms with Crippen LogP contribution in [0.4, 0.5) is 17.1 Å². The Hall–Kier alpha value is -7.36. The second-order valence-electron chi connectivity index (χ2n) is 14.9. The first-order chi connectivity index (χ1) is 28.3. The second-order valence-corrected chi connectivity index (χ2v) is 14.9. The van der Waals surface area contributed by atoms with E-state index in [1.165, 1.54) is 71.2 Å². The van der Waals surface area contributed by atoms with Gasteiger partial charge in [0.2, 0.25) is 0 Å². The summed E-state index contributed by atoms with van der Waals surface area (Å²) in [6, 6.07) is 72.7. The normalized spacial score (nSPS) is 12.4. The lowest BCUT2D eigenvalue weighted by Crippen LogP contribution is -2.30. The summed E-state index contributed by atoms with van der Waals surface area (Å²) in [5.41, 5.74) is 14.0. The molecule has 3 heteroatoms. The van der Waals surface area contributed by atoms with Crippen LogP contribution in [0.25, 0.3) is 78.5 Å². The van der Waals surface area contributed by atoms with Crippen molar-refractivity contribution in [3.63, 3.8) is 0 Å². The highest BCUT2D eigenvalue weighted by molar-refractivity contribution is 6.10. The number of para-hydroxylation sites is 3. The Bertz CT molecular complexity index is 3210. The molecule has 1 aliphatic carbocycles. The maximum Gasteiger partial charge on any atom is 0.0561 e. The van der Waals surface area contributed by atoms with Gasteiger partial charge in [0.1, 0.15) is 0 Å². The summed E-state index contributed by atoms with van der Waals surface area (Å²) >= 11 is 0. The van der Waals surface area contributed by atoms with Crippen molar-refractivity contribution in [2.24, 2.45) is 0 Å². The SMILES string of the molecule is C1=c2c(n(-c3ccccc3)c3cc(-c4cccc(N(c5ccc(-c6ccccc6)cc5)c5ccc6c7ccccc7n(-c7ccccc7)c6c5)c4)ccc23)=CCC1. The smallest absolute Gasteiger partial charge is 0.0561 e. The molecular weight excluding hydrogens is 691 g/mol. The average Bonchev–Trinajstić information content (AvgIpc) is 3.80. The van der Waals surface area contributed by atoms with Gasteiger partial charge in [0.15, 0.2) is 0 Å². The predicted octanol–water partition coefficient (Wildman–Crippen LogP) is 12.9. The van der Waals surface area contributed by atoms with E-state index in [0.29, 0.717) is 0 Å². The van der Waals surface area contributed by atoms with Crippen LogP contribution in [0.5, 0.6) is 0 Å². The molecule has 57 heavy (non-hydrogen) atoms. The maximum atomic E-state index is 2.44. The molecule has 0 atom stereocenters. The highest BCUT2D eigenvalue weighted by atomic mass is 15.1. The molecule has 10 aromatic rings. The van der Waals surface area contributed by atoms with E-state index in [1.807, 2.05) is 0 Å². The van der Waals surface area contributed by atoms with E-state index in [4.69, 9.17) is 0 Å². The van der Waals surface area contributed by atoms with Crippen LogP contribution in [0.15, 0.2) is 200 Å². The highest BCUT2D eigenvalue weighted by Gasteiger charge is 2.19. The fourth-order valence-electron chi connectivity index (χ4n) is 8.89. The number of benzene rings is 8. The van der Waals surface area contributed by atoms with E-state index >= 15 is 0 Å². The van der Waals surface area contributed by atoms with Crippen LogP contribution in [0.2, 0.25) is 0 Å². The summed E-state index contributed by atoms with van der Waals surface area (Å²) in [6.07, 6.45) is 6.94. The van der Waals surface area contributed by atoms with Gasteiger partial charge < -0.3 is 14.0 Å². The molecule has 3 nitrogen and oxygen atoms in total. The highest BCUT2D eigenvalue weighted by Crippen LogP contribution is 2.41. The van der Waals surface area contributed by atoms with E-state index < -0.39 is 0 Å². The molecular formula is C54H39N3. The zero-order valence-corrected chi connectivity index (χ0v) is 31.5. The Balaban J connectivity index is 1.10. The fourth-order valence-corrected chi connectivity index (χ4v) is 8.89. The molecule has 0 N–H and O–H groups in total. The zero-order valence-electron chi connectivity index (χ0n) is 31.5. The molecule has 0 aliphatic heterocycles. The van der Waals surface area contributed by atoms with Crippen molar-refractivity contribution in [3.05, 3.63) is 211 Å². The van der Waals surface area contributed by atoms with Crippen LogP contribution in [0, 0.1) is 0 Å². The minimum Gasteiger partial charge on any atom is -0.310 e. The lowest BCUT2D eigenvalue weighted by molar-refractivity contribution is 1.02. The molecule has 0 unspecified atom stereocenters. The molecule has 0 bridgehead atoms. The van der Waals surface area contributed by atoms with Gasteiger partial charge in [-0.2, -0.15) is 0 Å². The van der Waals surface area contributed by atoms with Crippen molar-refractivity contribution in [1.29, 1.82) is 0 Å². The Morgan fingerprint density at radius 2 is 0.877 bits per heavy atom. The molecule has 1 aliphatic rings. The van der Waals surface area contributed by atoms with Gasteiger partial charge in [0.05, 0.1) is 16.6 Å². The quantitative estimate of drug-likeness (QED) is 0.159. The minimum absolute atomic E-state index is 1.06. The van der Waals surface area contributed by atoms with Crippen LogP contribution >= 0.6 is 0 Å². The molecule has 0 amide bonds. The number of nitrogens with zero attached hydrogens (tertiary/aromatic N) is 3. The van der Waals surface area contributed by atoms with Gasteiger partial charge in [0.25, 0.3) is 0 Å². The molecule has 0 saturated carbocycles.